The van der Waals surface area contributed by atoms with Gasteiger partial charge in [0.2, 0.25) is 5.43 Å². The summed E-state index contributed by atoms with van der Waals surface area (Å²) < 4.78 is 32.1. The van der Waals surface area contributed by atoms with Crippen LogP contribution in [0.5, 0.6) is 0 Å². The third-order valence-corrected chi connectivity index (χ3v) is 5.95. The van der Waals surface area contributed by atoms with Gasteiger partial charge in [-0.1, -0.05) is 17.7 Å². The van der Waals surface area contributed by atoms with E-state index in [0.717, 1.165) is 12.3 Å². The minimum atomic E-state index is -1.44. The van der Waals surface area contributed by atoms with Gasteiger partial charge >= 0.3 is 5.97 Å². The summed E-state index contributed by atoms with van der Waals surface area (Å²) in [6.45, 7) is 4.93. The summed E-state index contributed by atoms with van der Waals surface area (Å²) in [7, 11) is 0. The van der Waals surface area contributed by atoms with Crippen molar-refractivity contribution in [1.29, 1.82) is 0 Å². The lowest BCUT2D eigenvalue weighted by Gasteiger charge is -2.41. The van der Waals surface area contributed by atoms with Gasteiger partial charge in [-0.2, -0.15) is 0 Å². The van der Waals surface area contributed by atoms with Crippen molar-refractivity contribution in [3.05, 3.63) is 63.0 Å². The van der Waals surface area contributed by atoms with Gasteiger partial charge in [0.25, 0.3) is 0 Å². The molecule has 32 heavy (non-hydrogen) atoms. The van der Waals surface area contributed by atoms with Crippen LogP contribution in [0.3, 0.4) is 0 Å². The van der Waals surface area contributed by atoms with Crippen LogP contribution in [0.25, 0.3) is 10.9 Å². The Hall–Kier alpha value is -3.20. The molecule has 0 radical (unpaired) electrons. The summed E-state index contributed by atoms with van der Waals surface area (Å²) in [5.41, 5.74) is -1.77. The molecule has 0 spiro atoms. The van der Waals surface area contributed by atoms with Crippen LogP contribution < -0.4 is 15.2 Å². The van der Waals surface area contributed by atoms with E-state index in [-0.39, 0.29) is 29.2 Å². The Morgan fingerprint density at radius 1 is 1.31 bits per heavy atom. The van der Waals surface area contributed by atoms with Crippen LogP contribution >= 0.6 is 11.6 Å². The Morgan fingerprint density at radius 3 is 2.69 bits per heavy atom. The lowest BCUT2D eigenvalue weighted by molar-refractivity contribution is 0.0695. The largest absolute Gasteiger partial charge is 0.477 e. The van der Waals surface area contributed by atoms with Gasteiger partial charge in [0.1, 0.15) is 28.0 Å². The summed E-state index contributed by atoms with van der Waals surface area (Å²) >= 11 is 5.99. The minimum Gasteiger partial charge on any atom is -0.477 e. The molecule has 0 amide bonds. The number of piperazine rings is 1. The molecule has 3 heterocycles. The standard InChI is InChI=1S/C22H21ClF2N4O3/c1-3-27-11-14(22(31)32)21(30)13-9-15(24)20(18(25)19(13)27)28-7-8-29(12(2)10-28)17-6-4-5-16(23)26-17/h4-6,9,11-12H,3,7-8,10H2,1-2H3,(H,31,32). The number of anilines is 2. The van der Waals surface area contributed by atoms with Crippen LogP contribution in [0.15, 0.2) is 35.3 Å². The van der Waals surface area contributed by atoms with Gasteiger partial charge < -0.3 is 19.5 Å². The summed E-state index contributed by atoms with van der Waals surface area (Å²) in [5.74, 6) is -2.54. The fourth-order valence-corrected chi connectivity index (χ4v) is 4.39. The highest BCUT2D eigenvalue weighted by atomic mass is 35.5. The number of carboxylic acids is 1. The van der Waals surface area contributed by atoms with Crippen molar-refractivity contribution in [1.82, 2.24) is 9.55 Å². The van der Waals surface area contributed by atoms with Gasteiger partial charge in [0, 0.05) is 38.4 Å². The van der Waals surface area contributed by atoms with Crippen LogP contribution in [0.2, 0.25) is 5.15 Å². The first-order valence-corrected chi connectivity index (χ1v) is 10.5. The molecule has 2 aromatic heterocycles. The van der Waals surface area contributed by atoms with Gasteiger partial charge in [-0.15, -0.1) is 0 Å². The van der Waals surface area contributed by atoms with Crippen LogP contribution in [-0.4, -0.2) is 46.3 Å². The molecule has 1 unspecified atom stereocenters. The first kappa shape index (κ1) is 22.0. The minimum absolute atomic E-state index is 0.106. The third-order valence-electron chi connectivity index (χ3n) is 5.74. The number of benzene rings is 1. The van der Waals surface area contributed by atoms with Gasteiger partial charge in [-0.3, -0.25) is 4.79 Å². The SMILES string of the molecule is CCn1cc(C(=O)O)c(=O)c2cc(F)c(N3CCN(c4cccc(Cl)n4)C(C)C3)c(F)c21. The van der Waals surface area contributed by atoms with Gasteiger partial charge in [0.15, 0.2) is 5.82 Å². The molecule has 4 rings (SSSR count). The van der Waals surface area contributed by atoms with Crippen molar-refractivity contribution in [3.8, 4) is 0 Å². The van der Waals surface area contributed by atoms with Crippen LogP contribution in [-0.2, 0) is 6.54 Å². The van der Waals surface area contributed by atoms with E-state index in [2.05, 4.69) is 4.98 Å². The third kappa shape index (κ3) is 3.66. The molecule has 10 heteroatoms. The number of aromatic carboxylic acids is 1. The molecule has 7 nitrogen and oxygen atoms in total. The van der Waals surface area contributed by atoms with Crippen molar-refractivity contribution in [3.63, 3.8) is 0 Å². The average Bonchev–Trinajstić information content (AvgIpc) is 2.74. The zero-order valence-electron chi connectivity index (χ0n) is 17.5. The quantitative estimate of drug-likeness (QED) is 0.595. The number of aryl methyl sites for hydroxylation is 1. The lowest BCUT2D eigenvalue weighted by atomic mass is 10.1. The molecule has 3 aromatic rings. The van der Waals surface area contributed by atoms with Gasteiger partial charge in [-0.25, -0.2) is 18.6 Å². The van der Waals surface area contributed by atoms with Crippen molar-refractivity contribution in [2.75, 3.05) is 29.4 Å². The Labute approximate surface area is 187 Å². The van der Waals surface area contributed by atoms with E-state index in [4.69, 9.17) is 11.6 Å². The first-order valence-electron chi connectivity index (χ1n) is 10.2. The summed E-state index contributed by atoms with van der Waals surface area (Å²) in [5, 5.41) is 9.35. The fraction of sp³-hybridized carbons (Fsp3) is 0.318. The Balaban J connectivity index is 1.76. The number of rotatable bonds is 4. The molecule has 1 fully saturated rings. The Kier molecular flexibility index (Phi) is 5.77. The van der Waals surface area contributed by atoms with E-state index >= 15 is 8.78 Å². The smallest absolute Gasteiger partial charge is 0.341 e. The predicted octanol–water partition coefficient (Wildman–Crippen LogP) is 3.76. The normalized spacial score (nSPS) is 16.6. The van der Waals surface area contributed by atoms with E-state index in [0.29, 0.717) is 30.6 Å². The van der Waals surface area contributed by atoms with Gasteiger partial charge in [-0.05, 0) is 32.0 Å². The van der Waals surface area contributed by atoms with Crippen LogP contribution in [0.1, 0.15) is 24.2 Å². The molecular formula is C22H21ClF2N4O3. The number of hydrogen-bond donors (Lipinski definition) is 1. The maximum absolute atomic E-state index is 15.6. The topological polar surface area (TPSA) is 78.7 Å². The van der Waals surface area contributed by atoms with Crippen molar-refractivity contribution >= 4 is 40.0 Å². The number of pyridine rings is 2. The Morgan fingerprint density at radius 2 is 2.06 bits per heavy atom. The predicted molar refractivity (Wildman–Crippen MR) is 119 cm³/mol. The van der Waals surface area contributed by atoms with E-state index in [1.165, 1.54) is 4.57 Å². The second-order valence-corrected chi connectivity index (χ2v) is 8.07. The molecule has 0 aliphatic carbocycles. The molecular weight excluding hydrogens is 442 g/mol. The second kappa shape index (κ2) is 8.38. The molecule has 1 atom stereocenters. The average molecular weight is 463 g/mol. The zero-order chi connectivity index (χ0) is 23.2. The number of halogens is 3. The number of aromatic nitrogens is 2. The maximum atomic E-state index is 15.6. The van der Waals surface area contributed by atoms with Gasteiger partial charge in [0.05, 0.1) is 10.9 Å². The van der Waals surface area contributed by atoms with Crippen LogP contribution in [0.4, 0.5) is 20.3 Å². The molecule has 1 aliphatic rings. The number of hydrogen-bond acceptors (Lipinski definition) is 5. The number of carbonyl (C=O) groups is 1. The maximum Gasteiger partial charge on any atom is 0.341 e. The monoisotopic (exact) mass is 462 g/mol. The van der Waals surface area contributed by atoms with Crippen LogP contribution in [0, 0.1) is 11.6 Å². The van der Waals surface area contributed by atoms with Crippen molar-refractivity contribution in [2.24, 2.45) is 0 Å². The van der Waals surface area contributed by atoms with E-state index in [9.17, 15) is 14.7 Å². The first-order chi connectivity index (χ1) is 15.2. The summed E-state index contributed by atoms with van der Waals surface area (Å²) in [6.07, 6.45) is 1.10. The number of nitrogens with zero attached hydrogens (tertiary/aromatic N) is 4. The van der Waals surface area contributed by atoms with E-state index < -0.39 is 28.6 Å². The summed E-state index contributed by atoms with van der Waals surface area (Å²) in [4.78, 5) is 31.9. The molecule has 168 valence electrons. The highest BCUT2D eigenvalue weighted by molar-refractivity contribution is 6.29. The number of carboxylic acid groups (broad SMARTS) is 1. The molecule has 1 aromatic carbocycles. The van der Waals surface area contributed by atoms with Crippen molar-refractivity contribution < 1.29 is 18.7 Å². The Bertz CT molecular complexity index is 1280. The molecule has 0 saturated carbocycles. The molecule has 1 saturated heterocycles. The lowest BCUT2D eigenvalue weighted by Crippen LogP contribution is -2.53. The van der Waals surface area contributed by atoms with E-state index in [1.54, 1.807) is 24.0 Å². The molecule has 1 N–H and O–H groups in total. The van der Waals surface area contributed by atoms with E-state index in [1.807, 2.05) is 17.9 Å². The molecule has 1 aliphatic heterocycles. The van der Waals surface area contributed by atoms with Crippen molar-refractivity contribution in [2.45, 2.75) is 26.4 Å². The summed E-state index contributed by atoms with van der Waals surface area (Å²) in [6, 6.07) is 6.11. The zero-order valence-corrected chi connectivity index (χ0v) is 18.2. The fourth-order valence-electron chi connectivity index (χ4n) is 4.23. The second-order valence-electron chi connectivity index (χ2n) is 7.69. The highest BCUT2D eigenvalue weighted by Gasteiger charge is 2.30. The molecule has 0 bridgehead atoms. The highest BCUT2D eigenvalue weighted by Crippen LogP contribution is 2.32. The number of fused-ring (bicyclic) bond motifs is 1.